The summed E-state index contributed by atoms with van der Waals surface area (Å²) in [5.41, 5.74) is 2.28. The predicted octanol–water partition coefficient (Wildman–Crippen LogP) is 4.06. The summed E-state index contributed by atoms with van der Waals surface area (Å²) >= 11 is 0. The monoisotopic (exact) mass is 602 g/mol. The van der Waals surface area contributed by atoms with Gasteiger partial charge in [0.1, 0.15) is 17.7 Å². The van der Waals surface area contributed by atoms with Crippen molar-refractivity contribution in [3.8, 4) is 5.75 Å². The quantitative estimate of drug-likeness (QED) is 0.406. The van der Waals surface area contributed by atoms with Crippen LogP contribution in [0.4, 0.5) is 33.7 Å². The lowest BCUT2D eigenvalue weighted by atomic mass is 9.98. The molecule has 1 atom stereocenters. The van der Waals surface area contributed by atoms with Crippen molar-refractivity contribution in [1.82, 2.24) is 5.32 Å². The first-order valence-electron chi connectivity index (χ1n) is 12.7. The molecule has 4 rings (SSSR count). The van der Waals surface area contributed by atoms with E-state index in [1.54, 1.807) is 0 Å². The number of halogens is 4. The first-order valence-corrected chi connectivity index (χ1v) is 14.2. The summed E-state index contributed by atoms with van der Waals surface area (Å²) < 4.78 is 91.6. The fourth-order valence-corrected chi connectivity index (χ4v) is 6.00. The first kappa shape index (κ1) is 30.4. The summed E-state index contributed by atoms with van der Waals surface area (Å²) in [6, 6.07) is 7.91. The van der Waals surface area contributed by atoms with Crippen LogP contribution in [0.5, 0.6) is 5.75 Å². The molecule has 41 heavy (non-hydrogen) atoms. The molecule has 1 fully saturated rings. The van der Waals surface area contributed by atoms with Gasteiger partial charge in [-0.3, -0.25) is 14.4 Å². The van der Waals surface area contributed by atoms with Gasteiger partial charge in [0.25, 0.3) is 10.0 Å². The lowest BCUT2D eigenvalue weighted by molar-refractivity contribution is -0.242. The molecule has 2 aromatic rings. The van der Waals surface area contributed by atoms with Crippen molar-refractivity contribution in [2.24, 2.45) is 5.73 Å². The van der Waals surface area contributed by atoms with Crippen LogP contribution >= 0.6 is 0 Å². The second kappa shape index (κ2) is 11.0. The largest absolute Gasteiger partial charge is 0.484 e. The Balaban J connectivity index is 1.61. The predicted molar refractivity (Wildman–Crippen MR) is 140 cm³/mol. The Morgan fingerprint density at radius 3 is 2.37 bits per heavy atom. The number of amides is 2. The third kappa shape index (κ3) is 6.50. The van der Waals surface area contributed by atoms with E-state index in [2.05, 4.69) is 15.4 Å². The highest BCUT2D eigenvalue weighted by atomic mass is 32.2. The van der Waals surface area contributed by atoms with Gasteiger partial charge in [-0.2, -0.15) is 13.2 Å². The number of rotatable bonds is 7. The van der Waals surface area contributed by atoms with E-state index < -0.39 is 45.4 Å². The van der Waals surface area contributed by atoms with E-state index in [1.807, 2.05) is 0 Å². The van der Waals surface area contributed by atoms with Gasteiger partial charge in [0.15, 0.2) is 0 Å². The molecule has 0 aromatic heterocycles. The third-order valence-corrected chi connectivity index (χ3v) is 8.80. The maximum absolute atomic E-state index is 13.6. The summed E-state index contributed by atoms with van der Waals surface area (Å²) in [5, 5.41) is 4.90. The van der Waals surface area contributed by atoms with Crippen molar-refractivity contribution in [1.29, 1.82) is 0 Å². The fourth-order valence-electron chi connectivity index (χ4n) is 4.51. The molecule has 2 amide bonds. The average Bonchev–Trinajstić information content (AvgIpc) is 3.33. The number of nitrogens with one attached hydrogen (secondary N) is 2. The summed E-state index contributed by atoms with van der Waals surface area (Å²) in [7, 11) is -4.33. The second-order valence-electron chi connectivity index (χ2n) is 10.5. The normalized spacial score (nSPS) is 18.7. The van der Waals surface area contributed by atoms with Crippen LogP contribution in [0, 0.1) is 5.82 Å². The summed E-state index contributed by atoms with van der Waals surface area (Å²) in [5.74, 6) is -0.974. The van der Waals surface area contributed by atoms with Crippen LogP contribution in [-0.2, 0) is 19.6 Å². The van der Waals surface area contributed by atoms with E-state index >= 15 is 0 Å². The Morgan fingerprint density at radius 1 is 1.12 bits per heavy atom. The number of nitrogens with zero attached hydrogens (tertiary/aromatic N) is 1. The van der Waals surface area contributed by atoms with E-state index in [1.165, 1.54) is 18.2 Å². The van der Waals surface area contributed by atoms with Crippen LogP contribution in [0.1, 0.15) is 39.5 Å². The Bertz CT molecular complexity index is 1410. The van der Waals surface area contributed by atoms with Crippen molar-refractivity contribution in [2.45, 2.75) is 67.8 Å². The number of carbonyl (C=O) groups is 2. The van der Waals surface area contributed by atoms with Gasteiger partial charge in [-0.1, -0.05) is 12.8 Å². The molecular formula is C26H30F4N4O6S. The molecule has 0 unspecified atom stereocenters. The molecule has 1 aliphatic heterocycles. The molecule has 15 heteroatoms. The molecule has 2 aromatic carbocycles. The van der Waals surface area contributed by atoms with Gasteiger partial charge < -0.3 is 20.5 Å². The highest BCUT2D eigenvalue weighted by Gasteiger charge is 2.51. The van der Waals surface area contributed by atoms with Gasteiger partial charge in [-0.05, 0) is 69.2 Å². The number of benzene rings is 2. The number of nitrogens with two attached hydrogens (primary N) is 1. The van der Waals surface area contributed by atoms with Gasteiger partial charge in [0.05, 0.1) is 29.2 Å². The van der Waals surface area contributed by atoms with Crippen molar-refractivity contribution >= 4 is 33.4 Å². The maximum atomic E-state index is 13.6. The molecule has 1 heterocycles. The first-order chi connectivity index (χ1) is 19.0. The lowest BCUT2D eigenvalue weighted by Gasteiger charge is -2.36. The van der Waals surface area contributed by atoms with E-state index in [0.29, 0.717) is 26.7 Å². The van der Waals surface area contributed by atoms with Crippen molar-refractivity contribution in [2.75, 3.05) is 22.7 Å². The van der Waals surface area contributed by atoms with Crippen LogP contribution in [0.15, 0.2) is 47.4 Å². The van der Waals surface area contributed by atoms with E-state index in [9.17, 15) is 35.6 Å². The number of alkyl halides is 3. The topological polar surface area (TPSA) is 140 Å². The van der Waals surface area contributed by atoms with Crippen molar-refractivity contribution < 1.29 is 45.0 Å². The minimum atomic E-state index is -4.83. The van der Waals surface area contributed by atoms with Gasteiger partial charge in [-0.25, -0.2) is 17.6 Å². The highest BCUT2D eigenvalue weighted by Crippen LogP contribution is 2.39. The molecule has 1 saturated carbocycles. The van der Waals surface area contributed by atoms with E-state index in [-0.39, 0.29) is 41.0 Å². The molecular weight excluding hydrogens is 572 g/mol. The number of anilines is 2. The summed E-state index contributed by atoms with van der Waals surface area (Å²) in [6.07, 6.45) is -4.42. The Morgan fingerprint density at radius 2 is 1.76 bits per heavy atom. The molecule has 4 N–H and O–H groups in total. The second-order valence-corrected chi connectivity index (χ2v) is 12.4. The highest BCUT2D eigenvalue weighted by molar-refractivity contribution is 7.92. The molecule has 10 nitrogen and oxygen atoms in total. The van der Waals surface area contributed by atoms with Crippen LogP contribution in [0.25, 0.3) is 0 Å². The number of hydrogen-bond donors (Lipinski definition) is 3. The summed E-state index contributed by atoms with van der Waals surface area (Å²) in [6.45, 7) is 0.996. The van der Waals surface area contributed by atoms with Crippen LogP contribution in [0.3, 0.4) is 0 Å². The number of fused-ring (bicyclic) bond motifs is 1. The van der Waals surface area contributed by atoms with E-state index in [0.717, 1.165) is 41.4 Å². The number of sulfonamides is 1. The third-order valence-electron chi connectivity index (χ3n) is 7.01. The number of hydrogen-bond acceptors (Lipinski definition) is 7. The molecule has 0 saturated heterocycles. The Hall–Kier alpha value is -3.59. The lowest BCUT2D eigenvalue weighted by Crippen LogP contribution is -2.55. The zero-order valence-electron chi connectivity index (χ0n) is 22.3. The molecule has 2 aliphatic rings. The molecule has 0 radical (unpaired) electrons. The minimum absolute atomic E-state index is 0.0455. The molecule has 1 aliphatic carbocycles. The Labute approximate surface area is 234 Å². The van der Waals surface area contributed by atoms with Crippen LogP contribution in [0.2, 0.25) is 0 Å². The smallest absolute Gasteiger partial charge is 0.427 e. The van der Waals surface area contributed by atoms with Crippen LogP contribution in [-0.4, -0.2) is 56.9 Å². The summed E-state index contributed by atoms with van der Waals surface area (Å²) in [4.78, 5) is 24.7. The zero-order chi connectivity index (χ0) is 30.2. The number of carbonyl (C=O) groups excluding carboxylic acids is 2. The van der Waals surface area contributed by atoms with Gasteiger partial charge in [0, 0.05) is 5.69 Å². The van der Waals surface area contributed by atoms with E-state index in [4.69, 9.17) is 10.5 Å². The van der Waals surface area contributed by atoms with Gasteiger partial charge in [-0.15, -0.1) is 0 Å². The van der Waals surface area contributed by atoms with Crippen LogP contribution < -0.4 is 25.4 Å². The number of ether oxygens (including phenoxy) is 2. The van der Waals surface area contributed by atoms with Gasteiger partial charge >= 0.3 is 12.3 Å². The minimum Gasteiger partial charge on any atom is -0.484 e. The zero-order valence-corrected chi connectivity index (χ0v) is 23.1. The van der Waals surface area contributed by atoms with Gasteiger partial charge in [0.2, 0.25) is 11.5 Å². The standard InChI is InChI=1S/C26H30F4N4O6S/c1-24(2,26(28,29)30)40-23(36)33-17-7-10-21-20(13-17)34(41(37,38)19-8-5-16(27)6-9-19)15-18(39-21)14-32-22(35)25(31)11-3-4-12-25/h5-10,13,18H,3-4,11-12,14-15,31H2,1-2H3,(H,32,35)(H,33,36)/t18-/m0/s1. The molecule has 0 spiro atoms. The SMILES string of the molecule is CC(C)(OC(=O)Nc1ccc2c(c1)N(S(=O)(=O)c1ccc(F)cc1)C[C@H](CNC(=O)C1(N)CCCC1)O2)C(F)(F)F. The fraction of sp³-hybridized carbons (Fsp3) is 0.462. The molecule has 224 valence electrons. The maximum Gasteiger partial charge on any atom is 0.427 e. The van der Waals surface area contributed by atoms with Crippen molar-refractivity contribution in [3.05, 3.63) is 48.3 Å². The molecule has 0 bridgehead atoms. The van der Waals surface area contributed by atoms with Crippen molar-refractivity contribution in [3.63, 3.8) is 0 Å². The Kier molecular flexibility index (Phi) is 8.15. The average molecular weight is 603 g/mol.